The molecule has 2 nitrogen and oxygen atoms in total. The van der Waals surface area contributed by atoms with Gasteiger partial charge in [0.15, 0.2) is 0 Å². The Labute approximate surface area is 162 Å². The van der Waals surface area contributed by atoms with Crippen LogP contribution in [0.25, 0.3) is 0 Å². The first-order valence-corrected chi connectivity index (χ1v) is 12.3. The monoisotopic (exact) mass is 392 g/mol. The summed E-state index contributed by atoms with van der Waals surface area (Å²) in [6.45, 7) is 11.8. The lowest BCUT2D eigenvalue weighted by molar-refractivity contribution is 0.335. The molecule has 0 aliphatic carbocycles. The second kappa shape index (κ2) is 8.87. The third kappa shape index (κ3) is 5.10. The molecule has 0 bridgehead atoms. The SMILES string of the molecule is CC[Si](CC)(COc1c(C)cc(F)cc1C)COc1c(C)cc(F)cc1C. The number of hydrogen-bond donors (Lipinski definition) is 0. The lowest BCUT2D eigenvalue weighted by Gasteiger charge is -2.30. The molecule has 0 fully saturated rings. The van der Waals surface area contributed by atoms with E-state index in [1.807, 2.05) is 27.7 Å². The van der Waals surface area contributed by atoms with Crippen molar-refractivity contribution in [1.29, 1.82) is 0 Å². The van der Waals surface area contributed by atoms with Crippen molar-refractivity contribution in [2.24, 2.45) is 0 Å². The van der Waals surface area contributed by atoms with Crippen molar-refractivity contribution in [3.63, 3.8) is 0 Å². The smallest absolute Gasteiger partial charge is 0.141 e. The highest BCUT2D eigenvalue weighted by molar-refractivity contribution is 6.79. The molecule has 0 saturated carbocycles. The van der Waals surface area contributed by atoms with Crippen molar-refractivity contribution in [2.45, 2.75) is 53.6 Å². The average Bonchev–Trinajstić information content (AvgIpc) is 2.58. The van der Waals surface area contributed by atoms with Gasteiger partial charge in [-0.2, -0.15) is 0 Å². The molecule has 2 aromatic rings. The van der Waals surface area contributed by atoms with Crippen LogP contribution < -0.4 is 9.47 Å². The Bertz CT molecular complexity index is 691. The van der Waals surface area contributed by atoms with Gasteiger partial charge in [-0.15, -0.1) is 0 Å². The maximum atomic E-state index is 13.5. The molecule has 0 aromatic heterocycles. The fraction of sp³-hybridized carbons (Fsp3) is 0.455. The highest BCUT2D eigenvalue weighted by Gasteiger charge is 2.32. The lowest BCUT2D eigenvalue weighted by Crippen LogP contribution is -2.47. The summed E-state index contributed by atoms with van der Waals surface area (Å²) in [5.74, 6) is 1.06. The minimum atomic E-state index is -1.86. The molecule has 0 aliphatic rings. The van der Waals surface area contributed by atoms with Gasteiger partial charge in [-0.05, 0) is 74.2 Å². The summed E-state index contributed by atoms with van der Waals surface area (Å²) in [4.78, 5) is 0. The molecule has 0 atom stereocenters. The third-order valence-electron chi connectivity index (χ3n) is 5.40. The third-order valence-corrected chi connectivity index (χ3v) is 9.91. The van der Waals surface area contributed by atoms with E-state index in [-0.39, 0.29) is 11.6 Å². The van der Waals surface area contributed by atoms with Gasteiger partial charge in [0.05, 0.1) is 12.5 Å². The number of ether oxygens (including phenoxy) is 2. The Balaban J connectivity index is 2.16. The predicted molar refractivity (Wildman–Crippen MR) is 109 cm³/mol. The van der Waals surface area contributed by atoms with E-state index >= 15 is 0 Å². The number of aryl methyl sites for hydroxylation is 4. The normalized spacial score (nSPS) is 11.6. The fourth-order valence-electron chi connectivity index (χ4n) is 3.40. The summed E-state index contributed by atoms with van der Waals surface area (Å²) in [5, 5.41) is 0. The summed E-state index contributed by atoms with van der Waals surface area (Å²) >= 11 is 0. The first-order chi connectivity index (χ1) is 12.7. The zero-order chi connectivity index (χ0) is 20.2. The molecule has 0 amide bonds. The summed E-state index contributed by atoms with van der Waals surface area (Å²) < 4.78 is 39.5. The van der Waals surface area contributed by atoms with Crippen LogP contribution in [0.2, 0.25) is 12.1 Å². The molecular formula is C22H30F2O2Si. The molecule has 0 radical (unpaired) electrons. The van der Waals surface area contributed by atoms with Crippen LogP contribution in [-0.4, -0.2) is 20.5 Å². The Morgan fingerprint density at radius 2 is 0.963 bits per heavy atom. The van der Waals surface area contributed by atoms with E-state index in [1.165, 1.54) is 24.3 Å². The van der Waals surface area contributed by atoms with Gasteiger partial charge >= 0.3 is 0 Å². The Morgan fingerprint density at radius 1 is 0.667 bits per heavy atom. The number of benzene rings is 2. The fourth-order valence-corrected chi connectivity index (χ4v) is 5.70. The molecule has 5 heteroatoms. The van der Waals surface area contributed by atoms with Crippen LogP contribution >= 0.6 is 0 Å². The van der Waals surface area contributed by atoms with Gasteiger partial charge in [0.1, 0.15) is 31.2 Å². The minimum Gasteiger partial charge on any atom is -0.496 e. The molecule has 27 heavy (non-hydrogen) atoms. The Kier molecular flexibility index (Phi) is 7.04. The van der Waals surface area contributed by atoms with E-state index in [2.05, 4.69) is 13.8 Å². The van der Waals surface area contributed by atoms with Crippen molar-refractivity contribution in [2.75, 3.05) is 12.5 Å². The van der Waals surface area contributed by atoms with Gasteiger partial charge in [-0.3, -0.25) is 0 Å². The molecular weight excluding hydrogens is 362 g/mol. The Hall–Kier alpha value is -1.88. The van der Waals surface area contributed by atoms with Gasteiger partial charge in [-0.1, -0.05) is 25.9 Å². The molecule has 0 saturated heterocycles. The molecule has 0 heterocycles. The predicted octanol–water partition coefficient (Wildman–Crippen LogP) is 6.22. The maximum Gasteiger partial charge on any atom is 0.141 e. The second-order valence-electron chi connectivity index (χ2n) is 7.52. The first-order valence-electron chi connectivity index (χ1n) is 9.50. The lowest BCUT2D eigenvalue weighted by atomic mass is 10.1. The number of hydrogen-bond acceptors (Lipinski definition) is 2. The molecule has 2 rings (SSSR count). The van der Waals surface area contributed by atoms with Crippen LogP contribution in [-0.2, 0) is 0 Å². The highest BCUT2D eigenvalue weighted by Crippen LogP contribution is 2.29. The standard InChI is InChI=1S/C22H30F2O2Si/c1-7-27(8-2,13-25-21-15(3)9-19(23)10-16(21)4)14-26-22-17(5)11-20(24)12-18(22)6/h9-12H,7-8,13-14H2,1-6H3. The van der Waals surface area contributed by atoms with Crippen molar-refractivity contribution in [3.05, 3.63) is 58.2 Å². The van der Waals surface area contributed by atoms with Gasteiger partial charge in [0.25, 0.3) is 0 Å². The van der Waals surface area contributed by atoms with Crippen LogP contribution in [0.4, 0.5) is 8.78 Å². The van der Waals surface area contributed by atoms with E-state index in [9.17, 15) is 8.78 Å². The van der Waals surface area contributed by atoms with Crippen LogP contribution in [0, 0.1) is 39.3 Å². The topological polar surface area (TPSA) is 18.5 Å². The molecule has 2 aromatic carbocycles. The van der Waals surface area contributed by atoms with E-state index in [0.717, 1.165) is 45.8 Å². The van der Waals surface area contributed by atoms with Gasteiger partial charge in [0.2, 0.25) is 0 Å². The summed E-state index contributed by atoms with van der Waals surface area (Å²) in [7, 11) is -1.86. The summed E-state index contributed by atoms with van der Waals surface area (Å²) in [6.07, 6.45) is 1.24. The summed E-state index contributed by atoms with van der Waals surface area (Å²) in [6, 6.07) is 8.05. The van der Waals surface area contributed by atoms with Gasteiger partial charge in [0, 0.05) is 0 Å². The van der Waals surface area contributed by atoms with Gasteiger partial charge in [-0.25, -0.2) is 8.78 Å². The quantitative estimate of drug-likeness (QED) is 0.496. The number of rotatable bonds is 8. The van der Waals surface area contributed by atoms with Crippen LogP contribution in [0.15, 0.2) is 24.3 Å². The first kappa shape index (κ1) is 21.4. The molecule has 0 N–H and O–H groups in total. The summed E-state index contributed by atoms with van der Waals surface area (Å²) in [5.41, 5.74) is 3.25. The van der Waals surface area contributed by atoms with Crippen LogP contribution in [0.3, 0.4) is 0 Å². The van der Waals surface area contributed by atoms with E-state index in [4.69, 9.17) is 9.47 Å². The van der Waals surface area contributed by atoms with Crippen molar-refractivity contribution < 1.29 is 18.3 Å². The van der Waals surface area contributed by atoms with E-state index < -0.39 is 8.07 Å². The molecule has 0 spiro atoms. The molecule has 148 valence electrons. The van der Waals surface area contributed by atoms with E-state index in [1.54, 1.807) is 0 Å². The molecule has 0 unspecified atom stereocenters. The van der Waals surface area contributed by atoms with Crippen molar-refractivity contribution in [1.82, 2.24) is 0 Å². The second-order valence-corrected chi connectivity index (χ2v) is 12.5. The molecule has 0 aliphatic heterocycles. The maximum absolute atomic E-state index is 13.5. The zero-order valence-electron chi connectivity index (χ0n) is 17.2. The highest BCUT2D eigenvalue weighted by atomic mass is 28.3. The van der Waals surface area contributed by atoms with Crippen LogP contribution in [0.5, 0.6) is 11.5 Å². The van der Waals surface area contributed by atoms with Gasteiger partial charge < -0.3 is 9.47 Å². The van der Waals surface area contributed by atoms with Crippen molar-refractivity contribution in [3.8, 4) is 11.5 Å². The largest absolute Gasteiger partial charge is 0.496 e. The Morgan fingerprint density at radius 3 is 1.22 bits per heavy atom. The van der Waals surface area contributed by atoms with Crippen molar-refractivity contribution >= 4 is 8.07 Å². The van der Waals surface area contributed by atoms with E-state index in [0.29, 0.717) is 12.5 Å². The minimum absolute atomic E-state index is 0.238. The zero-order valence-corrected chi connectivity index (χ0v) is 18.2. The number of halogens is 2. The average molecular weight is 393 g/mol. The van der Waals surface area contributed by atoms with Crippen LogP contribution in [0.1, 0.15) is 36.1 Å².